The first-order valence-electron chi connectivity index (χ1n) is 1.91. The van der Waals surface area contributed by atoms with Crippen molar-refractivity contribution in [2.75, 3.05) is 0 Å². The molecule has 0 radical (unpaired) electrons. The Morgan fingerprint density at radius 1 is 1.62 bits per heavy atom. The molecule has 0 saturated heterocycles. The van der Waals surface area contributed by atoms with Crippen LogP contribution in [0, 0.1) is 0 Å². The summed E-state index contributed by atoms with van der Waals surface area (Å²) in [6.45, 7) is 1.74. The largest absolute Gasteiger partial charge is 0.354 e. The lowest BCUT2D eigenvalue weighted by atomic mass is 10.7. The second-order valence-corrected chi connectivity index (χ2v) is 2.75. The first-order chi connectivity index (χ1) is 3.63. The Morgan fingerprint density at radius 3 is 2.25 bits per heavy atom. The van der Waals surface area contributed by atoms with E-state index in [4.69, 9.17) is 23.2 Å². The Bertz CT molecular complexity index is 117. The van der Waals surface area contributed by atoms with Crippen LogP contribution in [0.4, 0.5) is 0 Å². The Hall–Kier alpha value is 0.210. The average Bonchev–Trinajstić information content (AvgIpc) is 1.61. The summed E-state index contributed by atoms with van der Waals surface area (Å²) in [7, 11) is 0. The van der Waals surface area contributed by atoms with Crippen molar-refractivity contribution in [3.63, 3.8) is 0 Å². The standard InChI is InChI=1S/C4H5Cl2NS/c1-3(8)7-2-4(5)6/h2H,1H3,(H,7,8). The normalized spacial score (nSPS) is 7.88. The molecule has 0 fully saturated rings. The van der Waals surface area contributed by atoms with E-state index in [-0.39, 0.29) is 4.49 Å². The molecule has 0 aliphatic heterocycles. The highest BCUT2D eigenvalue weighted by Crippen LogP contribution is 2.02. The second-order valence-electron chi connectivity index (χ2n) is 1.13. The lowest BCUT2D eigenvalue weighted by molar-refractivity contribution is 1.30. The summed E-state index contributed by atoms with van der Waals surface area (Å²) in [5, 5.41) is 2.65. The molecule has 0 amide bonds. The van der Waals surface area contributed by atoms with Crippen LogP contribution in [0.15, 0.2) is 10.7 Å². The Morgan fingerprint density at radius 2 is 2.12 bits per heavy atom. The zero-order chi connectivity index (χ0) is 6.57. The van der Waals surface area contributed by atoms with E-state index in [0.29, 0.717) is 4.99 Å². The van der Waals surface area contributed by atoms with Crippen LogP contribution in [-0.4, -0.2) is 4.99 Å². The fourth-order valence-corrected chi connectivity index (χ4v) is 0.324. The molecule has 0 heterocycles. The first-order valence-corrected chi connectivity index (χ1v) is 3.07. The van der Waals surface area contributed by atoms with E-state index in [1.165, 1.54) is 6.20 Å². The minimum Gasteiger partial charge on any atom is -0.354 e. The van der Waals surface area contributed by atoms with Crippen molar-refractivity contribution in [3.05, 3.63) is 10.7 Å². The summed E-state index contributed by atoms with van der Waals surface area (Å²) >= 11 is 15.1. The average molecular weight is 170 g/mol. The van der Waals surface area contributed by atoms with E-state index >= 15 is 0 Å². The maximum atomic E-state index is 5.23. The van der Waals surface area contributed by atoms with Crippen molar-refractivity contribution >= 4 is 40.4 Å². The van der Waals surface area contributed by atoms with E-state index in [1.807, 2.05) is 0 Å². The maximum absolute atomic E-state index is 5.23. The van der Waals surface area contributed by atoms with Gasteiger partial charge in [-0.3, -0.25) is 0 Å². The van der Waals surface area contributed by atoms with Crippen molar-refractivity contribution in [3.8, 4) is 0 Å². The molecule has 0 unspecified atom stereocenters. The van der Waals surface area contributed by atoms with Crippen molar-refractivity contribution in [1.29, 1.82) is 0 Å². The molecule has 0 rings (SSSR count). The van der Waals surface area contributed by atoms with Crippen molar-refractivity contribution < 1.29 is 0 Å². The van der Waals surface area contributed by atoms with E-state index in [9.17, 15) is 0 Å². The Kier molecular flexibility index (Phi) is 4.23. The number of halogens is 2. The van der Waals surface area contributed by atoms with Gasteiger partial charge in [-0.1, -0.05) is 35.4 Å². The highest BCUT2D eigenvalue weighted by Gasteiger charge is 1.81. The fourth-order valence-electron chi connectivity index (χ4n) is 0.156. The van der Waals surface area contributed by atoms with E-state index in [0.717, 1.165) is 0 Å². The van der Waals surface area contributed by atoms with E-state index in [1.54, 1.807) is 6.92 Å². The second kappa shape index (κ2) is 4.13. The van der Waals surface area contributed by atoms with Crippen molar-refractivity contribution in [2.24, 2.45) is 0 Å². The minimum atomic E-state index is 0.175. The smallest absolute Gasteiger partial charge is 0.122 e. The lowest BCUT2D eigenvalue weighted by Gasteiger charge is -1.91. The molecule has 0 aromatic heterocycles. The molecule has 0 atom stereocenters. The highest BCUT2D eigenvalue weighted by molar-refractivity contribution is 7.80. The van der Waals surface area contributed by atoms with Crippen LogP contribution in [0.3, 0.4) is 0 Å². The van der Waals surface area contributed by atoms with Crippen molar-refractivity contribution in [1.82, 2.24) is 5.32 Å². The highest BCUT2D eigenvalue weighted by atomic mass is 35.5. The SMILES string of the molecule is CC(=S)NC=C(Cl)Cl. The molecule has 4 heteroatoms. The minimum absolute atomic E-state index is 0.175. The third-order valence-electron chi connectivity index (χ3n) is 0.385. The number of thiocarbonyl (C=S) groups is 1. The maximum Gasteiger partial charge on any atom is 0.122 e. The van der Waals surface area contributed by atoms with Crippen LogP contribution in [0.25, 0.3) is 0 Å². The number of rotatable bonds is 1. The van der Waals surface area contributed by atoms with Crippen molar-refractivity contribution in [2.45, 2.75) is 6.92 Å². The predicted molar refractivity (Wildman–Crippen MR) is 41.2 cm³/mol. The molecular weight excluding hydrogens is 165 g/mol. The quantitative estimate of drug-likeness (QED) is 0.605. The van der Waals surface area contributed by atoms with Crippen LogP contribution in [-0.2, 0) is 0 Å². The summed E-state index contributed by atoms with van der Waals surface area (Å²) in [6, 6.07) is 0. The van der Waals surface area contributed by atoms with Gasteiger partial charge in [-0.15, -0.1) is 0 Å². The number of nitrogens with one attached hydrogen (secondary N) is 1. The van der Waals surface area contributed by atoms with Gasteiger partial charge in [0.25, 0.3) is 0 Å². The summed E-state index contributed by atoms with van der Waals surface area (Å²) < 4.78 is 0.175. The molecular formula is C4H5Cl2NS. The van der Waals surface area contributed by atoms with Gasteiger partial charge in [0.2, 0.25) is 0 Å². The molecule has 0 bridgehead atoms. The molecule has 1 nitrogen and oxygen atoms in total. The van der Waals surface area contributed by atoms with Crippen LogP contribution >= 0.6 is 35.4 Å². The van der Waals surface area contributed by atoms with Gasteiger partial charge in [-0.25, -0.2) is 0 Å². The molecule has 8 heavy (non-hydrogen) atoms. The summed E-state index contributed by atoms with van der Waals surface area (Å²) in [4.78, 5) is 0.642. The fraction of sp³-hybridized carbons (Fsp3) is 0.250. The monoisotopic (exact) mass is 169 g/mol. The molecule has 0 aliphatic carbocycles. The van der Waals surface area contributed by atoms with Crippen LogP contribution in [0.1, 0.15) is 6.92 Å². The lowest BCUT2D eigenvalue weighted by Crippen LogP contribution is -2.08. The van der Waals surface area contributed by atoms with Crippen LogP contribution in [0.5, 0.6) is 0 Å². The molecule has 1 N–H and O–H groups in total. The van der Waals surface area contributed by atoms with Gasteiger partial charge < -0.3 is 5.32 Å². The summed E-state index contributed by atoms with van der Waals surface area (Å²) in [5.41, 5.74) is 0. The van der Waals surface area contributed by atoms with E-state index in [2.05, 4.69) is 17.5 Å². The van der Waals surface area contributed by atoms with Gasteiger partial charge in [-0.05, 0) is 6.92 Å². The molecule has 0 aromatic rings. The summed E-state index contributed by atoms with van der Waals surface area (Å²) in [6.07, 6.45) is 1.42. The van der Waals surface area contributed by atoms with Gasteiger partial charge >= 0.3 is 0 Å². The molecule has 46 valence electrons. The third-order valence-corrected chi connectivity index (χ3v) is 0.721. The van der Waals surface area contributed by atoms with Gasteiger partial charge in [0.15, 0.2) is 0 Å². The molecule has 0 aliphatic rings. The van der Waals surface area contributed by atoms with Gasteiger partial charge in [0, 0.05) is 6.20 Å². The predicted octanol–water partition coefficient (Wildman–Crippen LogP) is 2.20. The first kappa shape index (κ1) is 8.21. The van der Waals surface area contributed by atoms with E-state index < -0.39 is 0 Å². The summed E-state index contributed by atoms with van der Waals surface area (Å²) in [5.74, 6) is 0. The molecule has 0 spiro atoms. The number of hydrogen-bond acceptors (Lipinski definition) is 1. The zero-order valence-corrected chi connectivity index (χ0v) is 6.57. The third kappa shape index (κ3) is 6.21. The zero-order valence-electron chi connectivity index (χ0n) is 4.24. The van der Waals surface area contributed by atoms with Gasteiger partial charge in [0.1, 0.15) is 4.49 Å². The van der Waals surface area contributed by atoms with Crippen LogP contribution < -0.4 is 5.32 Å². The van der Waals surface area contributed by atoms with Gasteiger partial charge in [-0.2, -0.15) is 0 Å². The molecule has 0 saturated carbocycles. The number of hydrogen-bond donors (Lipinski definition) is 1. The Labute approximate surface area is 63.7 Å². The van der Waals surface area contributed by atoms with Crippen LogP contribution in [0.2, 0.25) is 0 Å². The van der Waals surface area contributed by atoms with Gasteiger partial charge in [0.05, 0.1) is 4.99 Å². The Balaban J connectivity index is 3.45. The topological polar surface area (TPSA) is 12.0 Å². The molecule has 0 aromatic carbocycles.